The van der Waals surface area contributed by atoms with Gasteiger partial charge in [-0.2, -0.15) is 0 Å². The fourth-order valence-corrected chi connectivity index (χ4v) is 6.15. The number of phenolic OH excluding ortho intramolecular Hbond substituents is 1. The molecule has 1 N–H and O–H groups in total. The minimum Gasteiger partial charge on any atom is -0.508 e. The molecule has 0 fully saturated rings. The maximum absolute atomic E-state index is 9.75. The Morgan fingerprint density at radius 2 is 1.23 bits per heavy atom. The summed E-state index contributed by atoms with van der Waals surface area (Å²) in [5.74, 6) is 0.317. The quantitative estimate of drug-likeness (QED) is 0.295. The van der Waals surface area contributed by atoms with Crippen molar-refractivity contribution in [3.05, 3.63) is 120 Å². The molecule has 0 saturated heterocycles. The summed E-state index contributed by atoms with van der Waals surface area (Å²) in [5, 5.41) is 15.2. The monoisotopic (exact) mass is 421 g/mol. The van der Waals surface area contributed by atoms with Crippen molar-refractivity contribution in [3.63, 3.8) is 0 Å². The maximum atomic E-state index is 9.75. The van der Waals surface area contributed by atoms with Gasteiger partial charge < -0.3 is 5.11 Å². The molecule has 2 atom stereocenters. The number of phenols is 1. The summed E-state index contributed by atoms with van der Waals surface area (Å²) >= 11 is 0. The second-order valence-electron chi connectivity index (χ2n) is 8.03. The van der Waals surface area contributed by atoms with E-state index in [1.54, 1.807) is 12.1 Å². The molecule has 31 heavy (non-hydrogen) atoms. The minimum absolute atomic E-state index is 0.0187. The Bertz CT molecular complexity index is 1340. The first kappa shape index (κ1) is 19.7. The first-order valence-corrected chi connectivity index (χ1v) is 12.3. The average Bonchev–Trinajstić information content (AvgIpc) is 2.82. The maximum Gasteiger partial charge on any atom is 0.155 e. The van der Waals surface area contributed by atoms with E-state index in [9.17, 15) is 5.11 Å². The highest BCUT2D eigenvalue weighted by atomic mass is 32.2. The lowest BCUT2D eigenvalue weighted by atomic mass is 9.99. The second-order valence-corrected chi connectivity index (χ2v) is 10.2. The van der Waals surface area contributed by atoms with Gasteiger partial charge in [0.2, 0.25) is 0 Å². The van der Waals surface area contributed by atoms with Crippen molar-refractivity contribution in [2.45, 2.75) is 16.6 Å². The van der Waals surface area contributed by atoms with Crippen LogP contribution in [0.4, 0.5) is 0 Å². The van der Waals surface area contributed by atoms with Crippen molar-refractivity contribution in [2.24, 2.45) is 0 Å². The van der Waals surface area contributed by atoms with Crippen molar-refractivity contribution in [1.82, 2.24) is 0 Å². The SMILES string of the molecule is C[S+](c1ccc(O)cc1)C(Cc1ccc2ccccc2c1)c1ccc2ccccc2c1. The fourth-order valence-electron chi connectivity index (χ4n) is 4.26. The molecule has 0 saturated carbocycles. The van der Waals surface area contributed by atoms with E-state index in [1.807, 2.05) is 0 Å². The first-order valence-electron chi connectivity index (χ1n) is 10.6. The highest BCUT2D eigenvalue weighted by Gasteiger charge is 2.30. The Hall–Kier alpha value is -3.23. The van der Waals surface area contributed by atoms with E-state index in [-0.39, 0.29) is 10.9 Å². The number of rotatable bonds is 5. The normalized spacial score (nSPS) is 13.3. The zero-order valence-electron chi connectivity index (χ0n) is 17.5. The number of benzene rings is 5. The van der Waals surface area contributed by atoms with Crippen LogP contribution in [0, 0.1) is 0 Å². The molecule has 152 valence electrons. The third-order valence-electron chi connectivity index (χ3n) is 6.02. The molecule has 0 aliphatic carbocycles. The van der Waals surface area contributed by atoms with E-state index in [1.165, 1.54) is 37.6 Å². The van der Waals surface area contributed by atoms with Crippen LogP contribution in [-0.4, -0.2) is 11.4 Å². The van der Waals surface area contributed by atoms with Crippen molar-refractivity contribution in [1.29, 1.82) is 0 Å². The van der Waals surface area contributed by atoms with Crippen LogP contribution in [0.3, 0.4) is 0 Å². The van der Waals surface area contributed by atoms with Crippen molar-refractivity contribution >= 4 is 32.4 Å². The smallest absolute Gasteiger partial charge is 0.155 e. The molecule has 2 unspecified atom stereocenters. The van der Waals surface area contributed by atoms with E-state index >= 15 is 0 Å². The molecule has 0 spiro atoms. The summed E-state index contributed by atoms with van der Waals surface area (Å²) in [5.41, 5.74) is 2.72. The molecule has 5 aromatic rings. The third-order valence-corrected chi connectivity index (χ3v) is 8.32. The molecule has 0 aliphatic rings. The van der Waals surface area contributed by atoms with Crippen LogP contribution in [0.25, 0.3) is 21.5 Å². The molecule has 0 amide bonds. The molecule has 0 aromatic heterocycles. The predicted octanol–water partition coefficient (Wildman–Crippen LogP) is 7.29. The molecular formula is C29H25OS+. The number of hydrogen-bond acceptors (Lipinski definition) is 1. The van der Waals surface area contributed by atoms with E-state index in [0.717, 1.165) is 6.42 Å². The summed E-state index contributed by atoms with van der Waals surface area (Å²) in [7, 11) is -0.0187. The van der Waals surface area contributed by atoms with Crippen LogP contribution in [0.1, 0.15) is 16.4 Å². The van der Waals surface area contributed by atoms with E-state index in [4.69, 9.17) is 0 Å². The zero-order chi connectivity index (χ0) is 21.2. The minimum atomic E-state index is -0.0187. The van der Waals surface area contributed by atoms with Crippen LogP contribution >= 0.6 is 0 Å². The Morgan fingerprint density at radius 3 is 1.90 bits per heavy atom. The van der Waals surface area contributed by atoms with E-state index < -0.39 is 0 Å². The highest BCUT2D eigenvalue weighted by Crippen LogP contribution is 2.35. The van der Waals surface area contributed by atoms with Gasteiger partial charge in [-0.25, -0.2) is 0 Å². The van der Waals surface area contributed by atoms with Crippen LogP contribution in [-0.2, 0) is 17.3 Å². The summed E-state index contributed by atoms with van der Waals surface area (Å²) in [4.78, 5) is 1.27. The van der Waals surface area contributed by atoms with Gasteiger partial charge in [0.1, 0.15) is 12.0 Å². The zero-order valence-corrected chi connectivity index (χ0v) is 18.3. The standard InChI is InChI=1S/C29H24OS/c1-31(28-16-14-27(30)15-17-28)29(26-13-12-23-7-3-5-9-25(23)20-26)19-21-10-11-22-6-2-4-8-24(22)18-21/h2-18,20,29H,19H2,1H3/p+1. The number of aromatic hydroxyl groups is 1. The Labute approximate surface area is 186 Å². The van der Waals surface area contributed by atoms with Crippen LogP contribution < -0.4 is 0 Å². The van der Waals surface area contributed by atoms with Gasteiger partial charge in [-0.05, 0) is 57.4 Å². The molecule has 0 bridgehead atoms. The molecular weight excluding hydrogens is 396 g/mol. The molecule has 2 heteroatoms. The lowest BCUT2D eigenvalue weighted by Crippen LogP contribution is -2.15. The largest absolute Gasteiger partial charge is 0.508 e. The number of fused-ring (bicyclic) bond motifs is 2. The Kier molecular flexibility index (Phi) is 5.40. The molecule has 0 heterocycles. The van der Waals surface area contributed by atoms with E-state index in [2.05, 4.69) is 103 Å². The Morgan fingerprint density at radius 1 is 0.645 bits per heavy atom. The van der Waals surface area contributed by atoms with Crippen LogP contribution in [0.2, 0.25) is 0 Å². The van der Waals surface area contributed by atoms with Crippen LogP contribution in [0.5, 0.6) is 5.75 Å². The van der Waals surface area contributed by atoms with Gasteiger partial charge >= 0.3 is 0 Å². The summed E-state index contributed by atoms with van der Waals surface area (Å²) in [6, 6.07) is 38.6. The average molecular weight is 422 g/mol. The Balaban J connectivity index is 1.57. The van der Waals surface area contributed by atoms with Gasteiger partial charge in [-0.3, -0.25) is 0 Å². The summed E-state index contributed by atoms with van der Waals surface area (Å²) in [6.45, 7) is 0. The number of hydrogen-bond donors (Lipinski definition) is 1. The molecule has 0 radical (unpaired) electrons. The van der Waals surface area contributed by atoms with Gasteiger partial charge in [0.05, 0.1) is 0 Å². The lowest BCUT2D eigenvalue weighted by molar-refractivity contribution is 0.475. The predicted molar refractivity (Wildman–Crippen MR) is 134 cm³/mol. The highest BCUT2D eigenvalue weighted by molar-refractivity contribution is 7.96. The van der Waals surface area contributed by atoms with Crippen molar-refractivity contribution < 1.29 is 5.11 Å². The van der Waals surface area contributed by atoms with Gasteiger partial charge in [-0.15, -0.1) is 0 Å². The first-order chi connectivity index (χ1) is 15.2. The molecule has 1 nitrogen and oxygen atoms in total. The summed E-state index contributed by atoms with van der Waals surface area (Å²) < 4.78 is 0. The lowest BCUT2D eigenvalue weighted by Gasteiger charge is -2.18. The molecule has 5 rings (SSSR count). The van der Waals surface area contributed by atoms with Crippen LogP contribution in [0.15, 0.2) is 114 Å². The molecule has 0 aliphatic heterocycles. The second kappa shape index (κ2) is 8.49. The van der Waals surface area contributed by atoms with Gasteiger partial charge in [0, 0.05) is 22.9 Å². The third kappa shape index (κ3) is 4.17. The van der Waals surface area contributed by atoms with Gasteiger partial charge in [-0.1, -0.05) is 78.9 Å². The van der Waals surface area contributed by atoms with Crippen molar-refractivity contribution in [3.8, 4) is 5.75 Å². The van der Waals surface area contributed by atoms with Gasteiger partial charge in [0.25, 0.3) is 0 Å². The topological polar surface area (TPSA) is 20.2 Å². The van der Waals surface area contributed by atoms with Crippen molar-refractivity contribution in [2.75, 3.05) is 6.26 Å². The van der Waals surface area contributed by atoms with Gasteiger partial charge in [0.15, 0.2) is 10.1 Å². The fraction of sp³-hybridized carbons (Fsp3) is 0.103. The molecule has 5 aromatic carbocycles. The van der Waals surface area contributed by atoms with E-state index in [0.29, 0.717) is 11.0 Å². The summed E-state index contributed by atoms with van der Waals surface area (Å²) in [6.07, 6.45) is 3.30.